The molecule has 1 aromatic rings. The van der Waals surface area contributed by atoms with Gasteiger partial charge in [-0.05, 0) is 31.4 Å². The van der Waals surface area contributed by atoms with E-state index in [4.69, 9.17) is 4.74 Å². The van der Waals surface area contributed by atoms with Crippen molar-refractivity contribution in [3.63, 3.8) is 0 Å². The molecule has 1 aliphatic rings. The van der Waals surface area contributed by atoms with Crippen LogP contribution in [0.25, 0.3) is 0 Å². The van der Waals surface area contributed by atoms with E-state index in [1.165, 1.54) is 11.1 Å². The summed E-state index contributed by atoms with van der Waals surface area (Å²) in [4.78, 5) is 2.53. The van der Waals surface area contributed by atoms with Gasteiger partial charge in [-0.15, -0.1) is 0 Å². The van der Waals surface area contributed by atoms with Gasteiger partial charge >= 0.3 is 0 Å². The molecule has 1 saturated heterocycles. The van der Waals surface area contributed by atoms with Crippen molar-refractivity contribution in [2.24, 2.45) is 0 Å². The quantitative estimate of drug-likeness (QED) is 0.841. The molecule has 1 aromatic carbocycles. The van der Waals surface area contributed by atoms with Crippen LogP contribution < -0.4 is 0 Å². The van der Waals surface area contributed by atoms with Crippen molar-refractivity contribution in [1.29, 1.82) is 0 Å². The summed E-state index contributed by atoms with van der Waals surface area (Å²) in [5.74, 6) is 0.813. The first-order valence-electron chi connectivity index (χ1n) is 6.63. The Hall–Kier alpha value is -0.510. The second-order valence-electron chi connectivity index (χ2n) is 5.56. The number of ether oxygens (including phenoxy) is 1. The fraction of sp³-hybridized carbons (Fsp3) is 0.600. The molecule has 2 nitrogen and oxygen atoms in total. The first-order valence-corrected chi connectivity index (χ1v) is 7.26. The fourth-order valence-corrected chi connectivity index (χ4v) is 2.75. The number of morpholine rings is 1. The second kappa shape index (κ2) is 6.09. The molecule has 0 spiro atoms. The van der Waals surface area contributed by atoms with Crippen LogP contribution in [0.5, 0.6) is 0 Å². The summed E-state index contributed by atoms with van der Waals surface area (Å²) in [5.41, 5.74) is 2.88. The normalized spacial score (nSPS) is 17.9. The average molecular weight is 265 g/mol. The van der Waals surface area contributed by atoms with Crippen molar-refractivity contribution in [3.05, 3.63) is 35.4 Å². The summed E-state index contributed by atoms with van der Waals surface area (Å²) < 4.78 is 5.43. The van der Waals surface area contributed by atoms with Crippen molar-refractivity contribution in [3.8, 4) is 0 Å². The Morgan fingerprint density at radius 2 is 1.67 bits per heavy atom. The van der Waals surface area contributed by atoms with E-state index in [2.05, 4.69) is 55.6 Å². The number of rotatable bonds is 4. The van der Waals surface area contributed by atoms with Crippen molar-refractivity contribution in [2.75, 3.05) is 26.3 Å². The predicted octanol–water partition coefficient (Wildman–Crippen LogP) is 2.77. The molecular formula is C15H23NOS. The third kappa shape index (κ3) is 3.50. The smallest absolute Gasteiger partial charge is 0.0594 e. The molecule has 2 rings (SSSR count). The highest BCUT2D eigenvalue weighted by atomic mass is 32.1. The number of thiol groups is 1. The molecular weight excluding hydrogens is 242 g/mol. The first-order chi connectivity index (χ1) is 8.62. The Kier molecular flexibility index (Phi) is 4.71. The zero-order valence-corrected chi connectivity index (χ0v) is 12.2. The maximum Gasteiger partial charge on any atom is 0.0594 e. The molecule has 0 amide bonds. The summed E-state index contributed by atoms with van der Waals surface area (Å²) in [6, 6.07) is 8.82. The van der Waals surface area contributed by atoms with E-state index in [-0.39, 0.29) is 5.54 Å². The van der Waals surface area contributed by atoms with Crippen LogP contribution in [0.2, 0.25) is 0 Å². The Morgan fingerprint density at radius 1 is 1.11 bits per heavy atom. The van der Waals surface area contributed by atoms with Gasteiger partial charge in [0.15, 0.2) is 0 Å². The Balaban J connectivity index is 2.01. The molecule has 0 atom stereocenters. The minimum atomic E-state index is 0.201. The Labute approximate surface area is 116 Å². The Morgan fingerprint density at radius 3 is 2.22 bits per heavy atom. The van der Waals surface area contributed by atoms with E-state index in [1.54, 1.807) is 0 Å². The molecule has 100 valence electrons. The van der Waals surface area contributed by atoms with Crippen LogP contribution in [0.1, 0.15) is 25.0 Å². The molecule has 0 aromatic heterocycles. The third-order valence-corrected chi connectivity index (χ3v) is 4.07. The highest BCUT2D eigenvalue weighted by molar-refractivity contribution is 7.79. The van der Waals surface area contributed by atoms with Gasteiger partial charge in [-0.1, -0.05) is 24.3 Å². The predicted molar refractivity (Wildman–Crippen MR) is 79.3 cm³/mol. The van der Waals surface area contributed by atoms with Crippen molar-refractivity contribution in [2.45, 2.75) is 31.6 Å². The van der Waals surface area contributed by atoms with E-state index in [0.717, 1.165) is 38.5 Å². The standard InChI is InChI=1S/C15H23NOS/c1-15(2,16-7-9-17-10-8-16)11-13-3-5-14(12-18)6-4-13/h3-6,18H,7-12H2,1-2H3. The molecule has 0 bridgehead atoms. The van der Waals surface area contributed by atoms with E-state index >= 15 is 0 Å². The van der Waals surface area contributed by atoms with Crippen molar-refractivity contribution >= 4 is 12.6 Å². The van der Waals surface area contributed by atoms with Crippen LogP contribution >= 0.6 is 12.6 Å². The topological polar surface area (TPSA) is 12.5 Å². The maximum absolute atomic E-state index is 5.43. The summed E-state index contributed by atoms with van der Waals surface area (Å²) in [7, 11) is 0. The van der Waals surface area contributed by atoms with Gasteiger partial charge in [0.1, 0.15) is 0 Å². The van der Waals surface area contributed by atoms with Crippen LogP contribution in [-0.4, -0.2) is 36.7 Å². The zero-order valence-electron chi connectivity index (χ0n) is 11.4. The van der Waals surface area contributed by atoms with E-state index in [1.807, 2.05) is 0 Å². The highest BCUT2D eigenvalue weighted by Crippen LogP contribution is 2.22. The number of hydrogen-bond acceptors (Lipinski definition) is 3. The molecule has 0 saturated carbocycles. The first kappa shape index (κ1) is 13.9. The lowest BCUT2D eigenvalue weighted by atomic mass is 9.92. The highest BCUT2D eigenvalue weighted by Gasteiger charge is 2.28. The van der Waals surface area contributed by atoms with Crippen LogP contribution in [0.4, 0.5) is 0 Å². The minimum Gasteiger partial charge on any atom is -0.379 e. The van der Waals surface area contributed by atoms with Gasteiger partial charge in [0.25, 0.3) is 0 Å². The summed E-state index contributed by atoms with van der Waals surface area (Å²) in [5, 5.41) is 0. The van der Waals surface area contributed by atoms with E-state index in [9.17, 15) is 0 Å². The molecule has 0 radical (unpaired) electrons. The van der Waals surface area contributed by atoms with Gasteiger partial charge in [0, 0.05) is 24.4 Å². The number of benzene rings is 1. The van der Waals surface area contributed by atoms with E-state index < -0.39 is 0 Å². The van der Waals surface area contributed by atoms with Crippen LogP contribution in [0.3, 0.4) is 0 Å². The molecule has 1 fully saturated rings. The van der Waals surface area contributed by atoms with Crippen molar-refractivity contribution in [1.82, 2.24) is 4.90 Å². The molecule has 0 aliphatic carbocycles. The summed E-state index contributed by atoms with van der Waals surface area (Å²) in [6.07, 6.45) is 1.08. The molecule has 3 heteroatoms. The van der Waals surface area contributed by atoms with Crippen LogP contribution in [0.15, 0.2) is 24.3 Å². The van der Waals surface area contributed by atoms with Gasteiger partial charge in [-0.25, -0.2) is 0 Å². The molecule has 18 heavy (non-hydrogen) atoms. The molecule has 0 N–H and O–H groups in total. The van der Waals surface area contributed by atoms with Gasteiger partial charge in [-0.3, -0.25) is 4.90 Å². The van der Waals surface area contributed by atoms with Crippen LogP contribution in [0, 0.1) is 0 Å². The second-order valence-corrected chi connectivity index (χ2v) is 5.88. The summed E-state index contributed by atoms with van der Waals surface area (Å²) in [6.45, 7) is 8.46. The summed E-state index contributed by atoms with van der Waals surface area (Å²) >= 11 is 4.29. The van der Waals surface area contributed by atoms with Crippen LogP contribution in [-0.2, 0) is 16.9 Å². The van der Waals surface area contributed by atoms with Crippen molar-refractivity contribution < 1.29 is 4.74 Å². The number of hydrogen-bond donors (Lipinski definition) is 1. The number of nitrogens with zero attached hydrogens (tertiary/aromatic N) is 1. The lowest BCUT2D eigenvalue weighted by Crippen LogP contribution is -2.51. The van der Waals surface area contributed by atoms with Gasteiger partial charge < -0.3 is 4.74 Å². The van der Waals surface area contributed by atoms with Gasteiger partial charge in [-0.2, -0.15) is 12.6 Å². The SMILES string of the molecule is CC(C)(Cc1ccc(CS)cc1)N1CCOCC1. The fourth-order valence-electron chi connectivity index (χ4n) is 2.54. The molecule has 1 aliphatic heterocycles. The Bertz CT molecular complexity index is 369. The largest absolute Gasteiger partial charge is 0.379 e. The molecule has 0 unspecified atom stereocenters. The molecule has 1 heterocycles. The maximum atomic E-state index is 5.43. The monoisotopic (exact) mass is 265 g/mol. The van der Waals surface area contributed by atoms with Gasteiger partial charge in [0.2, 0.25) is 0 Å². The zero-order chi connectivity index (χ0) is 13.0. The third-order valence-electron chi connectivity index (χ3n) is 3.71. The minimum absolute atomic E-state index is 0.201. The van der Waals surface area contributed by atoms with E-state index in [0.29, 0.717) is 0 Å². The lowest BCUT2D eigenvalue weighted by molar-refractivity contribution is -0.00984. The average Bonchev–Trinajstić information content (AvgIpc) is 2.40. The van der Waals surface area contributed by atoms with Gasteiger partial charge in [0.05, 0.1) is 13.2 Å². The lowest BCUT2D eigenvalue weighted by Gasteiger charge is -2.41.